The highest BCUT2D eigenvalue weighted by atomic mass is 35.5. The first kappa shape index (κ1) is 27.1. The summed E-state index contributed by atoms with van der Waals surface area (Å²) in [7, 11) is 3.89. The van der Waals surface area contributed by atoms with Crippen LogP contribution in [0, 0.1) is 6.92 Å². The van der Waals surface area contributed by atoms with Crippen LogP contribution in [0.2, 0.25) is 10.0 Å². The Morgan fingerprint density at radius 3 is 2.46 bits per heavy atom. The lowest BCUT2D eigenvalue weighted by atomic mass is 9.94. The highest BCUT2D eigenvalue weighted by Gasteiger charge is 2.46. The molecule has 0 bridgehead atoms. The Bertz CT molecular complexity index is 1130. The molecule has 1 aliphatic rings. The van der Waals surface area contributed by atoms with Gasteiger partial charge in [0.1, 0.15) is 11.5 Å². The monoisotopic (exact) mass is 518 g/mol. The first-order valence-corrected chi connectivity index (χ1v) is 12.5. The number of aryl methyl sites for hydroxylation is 1. The Balaban J connectivity index is 2.05. The van der Waals surface area contributed by atoms with Crippen molar-refractivity contribution in [3.8, 4) is 5.75 Å². The van der Waals surface area contributed by atoms with Gasteiger partial charge >= 0.3 is 0 Å². The highest BCUT2D eigenvalue weighted by Crippen LogP contribution is 2.41. The Morgan fingerprint density at radius 1 is 1.09 bits per heavy atom. The highest BCUT2D eigenvalue weighted by molar-refractivity contribution is 6.46. The van der Waals surface area contributed by atoms with Crippen molar-refractivity contribution in [2.24, 2.45) is 0 Å². The summed E-state index contributed by atoms with van der Waals surface area (Å²) < 4.78 is 5.81. The second-order valence-electron chi connectivity index (χ2n) is 9.01. The van der Waals surface area contributed by atoms with E-state index in [0.717, 1.165) is 30.7 Å². The van der Waals surface area contributed by atoms with Gasteiger partial charge in [-0.2, -0.15) is 0 Å². The van der Waals surface area contributed by atoms with Crippen LogP contribution in [0.1, 0.15) is 48.9 Å². The standard InChI is InChI=1S/C27H32Cl2N2O4/c1-5-6-14-35-22-11-9-19(15-17(22)2)25(32)23-24(18-8-10-20(28)21(29)16-18)31(27(34)26(23)33)13-7-12-30(3)4/h8-11,15-16,24,32H,5-7,12-14H2,1-4H3/b25-23-. The lowest BCUT2D eigenvalue weighted by Gasteiger charge is -2.26. The zero-order chi connectivity index (χ0) is 25.7. The Hall–Kier alpha value is -2.54. The van der Waals surface area contributed by atoms with Crippen LogP contribution < -0.4 is 4.74 Å². The molecule has 2 aromatic rings. The molecule has 0 aromatic heterocycles. The largest absolute Gasteiger partial charge is 0.507 e. The molecule has 3 rings (SSSR count). The van der Waals surface area contributed by atoms with E-state index in [2.05, 4.69) is 6.92 Å². The number of ketones is 1. The molecule has 0 saturated carbocycles. The summed E-state index contributed by atoms with van der Waals surface area (Å²) in [6, 6.07) is 9.48. The van der Waals surface area contributed by atoms with Crippen molar-refractivity contribution in [3.63, 3.8) is 0 Å². The number of hydrogen-bond donors (Lipinski definition) is 1. The summed E-state index contributed by atoms with van der Waals surface area (Å²) >= 11 is 12.4. The molecule has 0 radical (unpaired) electrons. The number of benzene rings is 2. The fraction of sp³-hybridized carbons (Fsp3) is 0.407. The van der Waals surface area contributed by atoms with Gasteiger partial charge in [0.2, 0.25) is 0 Å². The summed E-state index contributed by atoms with van der Waals surface area (Å²) in [5.41, 5.74) is 1.93. The van der Waals surface area contributed by atoms with Crippen LogP contribution >= 0.6 is 23.2 Å². The SMILES string of the molecule is CCCCOc1ccc(/C(O)=C2/C(=O)C(=O)N(CCCN(C)C)C2c2ccc(Cl)c(Cl)c2)cc1C. The lowest BCUT2D eigenvalue weighted by Crippen LogP contribution is -2.32. The third kappa shape index (κ3) is 6.18. The number of ether oxygens (including phenoxy) is 1. The molecule has 1 heterocycles. The van der Waals surface area contributed by atoms with E-state index in [4.69, 9.17) is 27.9 Å². The first-order chi connectivity index (χ1) is 16.6. The van der Waals surface area contributed by atoms with Crippen LogP contribution in [0.5, 0.6) is 5.75 Å². The molecule has 35 heavy (non-hydrogen) atoms. The number of rotatable bonds is 10. The average Bonchev–Trinajstić information content (AvgIpc) is 3.06. The van der Waals surface area contributed by atoms with Crippen LogP contribution in [-0.2, 0) is 9.59 Å². The molecule has 1 N–H and O–H groups in total. The van der Waals surface area contributed by atoms with Gasteiger partial charge in [-0.1, -0.05) is 42.6 Å². The minimum Gasteiger partial charge on any atom is -0.507 e. The van der Waals surface area contributed by atoms with E-state index < -0.39 is 17.7 Å². The summed E-state index contributed by atoms with van der Waals surface area (Å²) in [6.07, 6.45) is 2.64. The second kappa shape index (κ2) is 11.9. The molecule has 188 valence electrons. The van der Waals surface area contributed by atoms with E-state index in [9.17, 15) is 14.7 Å². The van der Waals surface area contributed by atoms with E-state index in [1.54, 1.807) is 36.4 Å². The lowest BCUT2D eigenvalue weighted by molar-refractivity contribution is -0.139. The van der Waals surface area contributed by atoms with Crippen molar-refractivity contribution in [1.82, 2.24) is 9.80 Å². The van der Waals surface area contributed by atoms with Crippen molar-refractivity contribution in [2.75, 3.05) is 33.8 Å². The zero-order valence-electron chi connectivity index (χ0n) is 20.6. The molecule has 2 aromatic carbocycles. The van der Waals surface area contributed by atoms with Gasteiger partial charge in [-0.15, -0.1) is 0 Å². The summed E-state index contributed by atoms with van der Waals surface area (Å²) in [5.74, 6) is -0.861. The number of aliphatic hydroxyl groups excluding tert-OH is 1. The van der Waals surface area contributed by atoms with Crippen LogP contribution in [0.15, 0.2) is 42.0 Å². The smallest absolute Gasteiger partial charge is 0.295 e. The molecule has 1 amide bonds. The number of carbonyl (C=O) groups excluding carboxylic acids is 2. The molecule has 8 heteroatoms. The maximum Gasteiger partial charge on any atom is 0.295 e. The minimum absolute atomic E-state index is 0.0392. The molecule has 6 nitrogen and oxygen atoms in total. The molecule has 1 atom stereocenters. The quantitative estimate of drug-likeness (QED) is 0.185. The van der Waals surface area contributed by atoms with Crippen LogP contribution in [0.3, 0.4) is 0 Å². The van der Waals surface area contributed by atoms with Gasteiger partial charge in [0, 0.05) is 12.1 Å². The summed E-state index contributed by atoms with van der Waals surface area (Å²) in [6.45, 7) is 5.69. The summed E-state index contributed by atoms with van der Waals surface area (Å²) in [4.78, 5) is 29.8. The van der Waals surface area contributed by atoms with E-state index in [-0.39, 0.29) is 11.3 Å². The van der Waals surface area contributed by atoms with Crippen molar-refractivity contribution in [3.05, 3.63) is 68.7 Å². The molecule has 1 aliphatic heterocycles. The van der Waals surface area contributed by atoms with Gasteiger partial charge in [-0.3, -0.25) is 9.59 Å². The van der Waals surface area contributed by atoms with Crippen molar-refractivity contribution >= 4 is 40.7 Å². The molecular formula is C27H32Cl2N2O4. The molecule has 0 aliphatic carbocycles. The van der Waals surface area contributed by atoms with E-state index in [1.807, 2.05) is 25.9 Å². The Labute approximate surface area is 217 Å². The first-order valence-electron chi connectivity index (χ1n) is 11.8. The average molecular weight is 519 g/mol. The van der Waals surface area contributed by atoms with Gasteiger partial charge in [0.05, 0.1) is 28.3 Å². The van der Waals surface area contributed by atoms with Crippen molar-refractivity contribution in [1.29, 1.82) is 0 Å². The maximum absolute atomic E-state index is 13.2. The van der Waals surface area contributed by atoms with E-state index >= 15 is 0 Å². The number of hydrogen-bond acceptors (Lipinski definition) is 5. The number of Topliss-reactive ketones (excluding diaryl/α,β-unsaturated/α-hetero) is 1. The number of aliphatic hydroxyl groups is 1. The van der Waals surface area contributed by atoms with Crippen LogP contribution in [0.25, 0.3) is 5.76 Å². The molecule has 1 fully saturated rings. The second-order valence-corrected chi connectivity index (χ2v) is 9.82. The van der Waals surface area contributed by atoms with Crippen LogP contribution in [0.4, 0.5) is 0 Å². The number of amides is 1. The number of carbonyl (C=O) groups is 2. The predicted octanol–water partition coefficient (Wildman–Crippen LogP) is 5.85. The van der Waals surface area contributed by atoms with Gasteiger partial charge < -0.3 is 19.6 Å². The van der Waals surface area contributed by atoms with Gasteiger partial charge in [0.15, 0.2) is 0 Å². The molecule has 1 unspecified atom stereocenters. The molecule has 0 spiro atoms. The third-order valence-corrected chi connectivity index (χ3v) is 6.75. The van der Waals surface area contributed by atoms with E-state index in [0.29, 0.717) is 40.7 Å². The fourth-order valence-electron chi connectivity index (χ4n) is 4.14. The minimum atomic E-state index is -0.771. The van der Waals surface area contributed by atoms with Crippen LogP contribution in [-0.4, -0.2) is 60.4 Å². The maximum atomic E-state index is 13.2. The van der Waals surface area contributed by atoms with E-state index in [1.165, 1.54) is 4.90 Å². The Morgan fingerprint density at radius 2 is 1.83 bits per heavy atom. The summed E-state index contributed by atoms with van der Waals surface area (Å²) in [5, 5.41) is 12.0. The normalized spacial score (nSPS) is 17.5. The third-order valence-electron chi connectivity index (χ3n) is 6.01. The topological polar surface area (TPSA) is 70.1 Å². The number of likely N-dealkylation sites (tertiary alicyclic amines) is 1. The molecular weight excluding hydrogens is 487 g/mol. The fourth-order valence-corrected chi connectivity index (χ4v) is 4.44. The predicted molar refractivity (Wildman–Crippen MR) is 140 cm³/mol. The number of unbranched alkanes of at least 4 members (excludes halogenated alkanes) is 1. The number of nitrogens with zero attached hydrogens (tertiary/aromatic N) is 2. The van der Waals surface area contributed by atoms with Crippen molar-refractivity contribution < 1.29 is 19.4 Å². The Kier molecular flexibility index (Phi) is 9.22. The van der Waals surface area contributed by atoms with Gasteiger partial charge in [-0.05, 0) is 81.9 Å². The van der Waals surface area contributed by atoms with Gasteiger partial charge in [-0.25, -0.2) is 0 Å². The number of halogens is 2. The van der Waals surface area contributed by atoms with Crippen molar-refractivity contribution in [2.45, 2.75) is 39.2 Å². The van der Waals surface area contributed by atoms with Gasteiger partial charge in [0.25, 0.3) is 11.7 Å². The zero-order valence-corrected chi connectivity index (χ0v) is 22.1. The molecule has 1 saturated heterocycles.